The lowest BCUT2D eigenvalue weighted by Gasteiger charge is -2.10. The minimum atomic E-state index is -0.699. The van der Waals surface area contributed by atoms with Gasteiger partial charge in [-0.3, -0.25) is 9.59 Å². The SMILES string of the molecule is NC(Cc1cnc[nH]1)C(=O)SSC(=O)C(N)Cc1cnc[nH]1. The first kappa shape index (κ1) is 16.7. The van der Waals surface area contributed by atoms with Crippen molar-refractivity contribution in [1.29, 1.82) is 0 Å². The molecule has 22 heavy (non-hydrogen) atoms. The van der Waals surface area contributed by atoms with Crippen molar-refractivity contribution in [1.82, 2.24) is 19.9 Å². The molecule has 2 atom stereocenters. The average molecular weight is 340 g/mol. The van der Waals surface area contributed by atoms with Gasteiger partial charge in [-0.25, -0.2) is 9.97 Å². The van der Waals surface area contributed by atoms with Crippen LogP contribution in [-0.4, -0.2) is 42.3 Å². The Hall–Kier alpha value is -1.62. The van der Waals surface area contributed by atoms with Crippen molar-refractivity contribution in [3.05, 3.63) is 36.4 Å². The van der Waals surface area contributed by atoms with E-state index in [-0.39, 0.29) is 10.2 Å². The predicted molar refractivity (Wildman–Crippen MR) is 85.7 cm³/mol. The first-order valence-corrected chi connectivity index (χ1v) is 8.59. The van der Waals surface area contributed by atoms with Crippen molar-refractivity contribution in [3.63, 3.8) is 0 Å². The lowest BCUT2D eigenvalue weighted by molar-refractivity contribution is -0.113. The highest BCUT2D eigenvalue weighted by Crippen LogP contribution is 2.26. The smallest absolute Gasteiger partial charge is 0.216 e. The quantitative estimate of drug-likeness (QED) is 0.538. The Bertz CT molecular complexity index is 547. The normalized spacial score (nSPS) is 13.7. The fourth-order valence-electron chi connectivity index (χ4n) is 1.64. The molecule has 8 nitrogen and oxygen atoms in total. The minimum Gasteiger partial charge on any atom is -0.348 e. The molecule has 0 saturated heterocycles. The summed E-state index contributed by atoms with van der Waals surface area (Å²) in [4.78, 5) is 37.2. The number of nitrogens with one attached hydrogen (secondary N) is 2. The van der Waals surface area contributed by atoms with E-state index in [9.17, 15) is 9.59 Å². The van der Waals surface area contributed by atoms with E-state index in [0.29, 0.717) is 12.8 Å². The molecular formula is C12H16N6O2S2. The molecule has 2 heterocycles. The zero-order chi connectivity index (χ0) is 15.9. The van der Waals surface area contributed by atoms with Gasteiger partial charge >= 0.3 is 0 Å². The summed E-state index contributed by atoms with van der Waals surface area (Å²) >= 11 is 0. The number of hydrogen-bond acceptors (Lipinski definition) is 8. The molecule has 0 saturated carbocycles. The first-order valence-electron chi connectivity index (χ1n) is 6.44. The number of imidazole rings is 2. The molecule has 2 aromatic heterocycles. The molecule has 0 aliphatic rings. The number of nitrogens with two attached hydrogens (primary N) is 2. The van der Waals surface area contributed by atoms with Gasteiger partial charge in [-0.05, 0) is 21.6 Å². The Kier molecular flexibility index (Phi) is 6.19. The van der Waals surface area contributed by atoms with Crippen molar-refractivity contribution >= 4 is 31.8 Å². The van der Waals surface area contributed by atoms with Crippen LogP contribution in [0, 0.1) is 0 Å². The van der Waals surface area contributed by atoms with E-state index in [1.54, 1.807) is 12.4 Å². The Balaban J connectivity index is 1.74. The van der Waals surface area contributed by atoms with E-state index in [0.717, 1.165) is 33.0 Å². The summed E-state index contributed by atoms with van der Waals surface area (Å²) in [5.41, 5.74) is 13.1. The standard InChI is InChI=1S/C12H16N6O2S2/c13-9(1-7-3-15-5-17-7)11(19)21-22-12(20)10(14)2-8-4-16-6-18-8/h3-6,9-10H,1-2,13-14H2,(H,15,17)(H,16,18). The summed E-state index contributed by atoms with van der Waals surface area (Å²) in [5.74, 6) is 0. The maximum absolute atomic E-state index is 11.9. The Morgan fingerprint density at radius 3 is 1.68 bits per heavy atom. The number of nitrogens with zero attached hydrogens (tertiary/aromatic N) is 2. The van der Waals surface area contributed by atoms with Crippen LogP contribution >= 0.6 is 21.6 Å². The van der Waals surface area contributed by atoms with E-state index in [1.807, 2.05) is 0 Å². The Morgan fingerprint density at radius 2 is 1.36 bits per heavy atom. The summed E-state index contributed by atoms with van der Waals surface area (Å²) < 4.78 is 0. The van der Waals surface area contributed by atoms with Crippen molar-refractivity contribution in [2.24, 2.45) is 11.5 Å². The van der Waals surface area contributed by atoms with Crippen LogP contribution in [0.15, 0.2) is 25.0 Å². The van der Waals surface area contributed by atoms with Gasteiger partial charge in [-0.1, -0.05) is 0 Å². The van der Waals surface area contributed by atoms with Crippen LogP contribution in [0.1, 0.15) is 11.4 Å². The maximum Gasteiger partial charge on any atom is 0.216 e. The molecule has 0 aliphatic heterocycles. The average Bonchev–Trinajstić information content (AvgIpc) is 3.17. The molecule has 0 bridgehead atoms. The van der Waals surface area contributed by atoms with E-state index in [1.165, 1.54) is 12.7 Å². The number of carbonyl (C=O) groups excluding carboxylic acids is 2. The van der Waals surface area contributed by atoms with Crippen molar-refractivity contribution < 1.29 is 9.59 Å². The van der Waals surface area contributed by atoms with Gasteiger partial charge < -0.3 is 21.4 Å². The number of carbonyl (C=O) groups is 2. The molecular weight excluding hydrogens is 324 g/mol. The van der Waals surface area contributed by atoms with Crippen LogP contribution in [0.25, 0.3) is 0 Å². The highest BCUT2D eigenvalue weighted by Gasteiger charge is 2.21. The van der Waals surface area contributed by atoms with Crippen LogP contribution in [0.4, 0.5) is 0 Å². The fourth-order valence-corrected chi connectivity index (χ4v) is 3.45. The minimum absolute atomic E-state index is 0.276. The number of rotatable bonds is 6. The van der Waals surface area contributed by atoms with Crippen molar-refractivity contribution in [2.45, 2.75) is 24.9 Å². The van der Waals surface area contributed by atoms with Crippen LogP contribution < -0.4 is 11.5 Å². The summed E-state index contributed by atoms with van der Waals surface area (Å²) in [6, 6.07) is -1.40. The molecule has 118 valence electrons. The van der Waals surface area contributed by atoms with Gasteiger partial charge in [0.1, 0.15) is 0 Å². The van der Waals surface area contributed by atoms with Crippen molar-refractivity contribution in [3.8, 4) is 0 Å². The van der Waals surface area contributed by atoms with Crippen LogP contribution in [0.2, 0.25) is 0 Å². The summed E-state index contributed by atoms with van der Waals surface area (Å²) in [7, 11) is 1.64. The molecule has 2 rings (SSSR count). The zero-order valence-electron chi connectivity index (χ0n) is 11.6. The molecule has 0 aliphatic carbocycles. The lowest BCUT2D eigenvalue weighted by atomic mass is 10.2. The topological polar surface area (TPSA) is 144 Å². The van der Waals surface area contributed by atoms with E-state index >= 15 is 0 Å². The van der Waals surface area contributed by atoms with Gasteiger partial charge in [0.2, 0.25) is 10.2 Å². The second-order valence-corrected chi connectivity index (χ2v) is 6.72. The van der Waals surface area contributed by atoms with Gasteiger partial charge in [0, 0.05) is 36.6 Å². The third kappa shape index (κ3) is 4.98. The fraction of sp³-hybridized carbons (Fsp3) is 0.333. The molecule has 0 spiro atoms. The maximum atomic E-state index is 11.9. The molecule has 0 amide bonds. The molecule has 0 aromatic carbocycles. The van der Waals surface area contributed by atoms with E-state index in [4.69, 9.17) is 11.5 Å². The molecule has 6 N–H and O–H groups in total. The number of aromatic amines is 2. The second kappa shape index (κ2) is 8.13. The van der Waals surface area contributed by atoms with Gasteiger partial charge in [0.05, 0.1) is 24.7 Å². The van der Waals surface area contributed by atoms with E-state index in [2.05, 4.69) is 19.9 Å². The van der Waals surface area contributed by atoms with Crippen LogP contribution in [0.3, 0.4) is 0 Å². The van der Waals surface area contributed by atoms with Crippen molar-refractivity contribution in [2.75, 3.05) is 0 Å². The van der Waals surface area contributed by atoms with Gasteiger partial charge in [-0.15, -0.1) is 0 Å². The largest absolute Gasteiger partial charge is 0.348 e. The number of H-pyrrole nitrogens is 2. The van der Waals surface area contributed by atoms with Gasteiger partial charge in [0.25, 0.3) is 0 Å². The van der Waals surface area contributed by atoms with Gasteiger partial charge in [-0.2, -0.15) is 0 Å². The van der Waals surface area contributed by atoms with Gasteiger partial charge in [0.15, 0.2) is 0 Å². The monoisotopic (exact) mass is 340 g/mol. The predicted octanol–water partition coefficient (Wildman–Crippen LogP) is 0.00720. The molecule has 0 fully saturated rings. The molecule has 10 heteroatoms. The Morgan fingerprint density at radius 1 is 0.955 bits per heavy atom. The summed E-state index contributed by atoms with van der Waals surface area (Å²) in [6.07, 6.45) is 6.95. The van der Waals surface area contributed by atoms with Crippen LogP contribution in [-0.2, 0) is 22.4 Å². The summed E-state index contributed by atoms with van der Waals surface area (Å²) in [6.45, 7) is 0. The highest BCUT2D eigenvalue weighted by molar-refractivity contribution is 8.87. The molecule has 2 unspecified atom stereocenters. The third-order valence-corrected chi connectivity index (χ3v) is 5.05. The molecule has 2 aromatic rings. The van der Waals surface area contributed by atoms with E-state index < -0.39 is 12.1 Å². The zero-order valence-corrected chi connectivity index (χ0v) is 13.2. The summed E-state index contributed by atoms with van der Waals surface area (Å²) in [5, 5.41) is -0.552. The number of hydrogen-bond donors (Lipinski definition) is 4. The Labute approximate surface area is 134 Å². The third-order valence-electron chi connectivity index (χ3n) is 2.80. The van der Waals surface area contributed by atoms with Crippen LogP contribution in [0.5, 0.6) is 0 Å². The lowest BCUT2D eigenvalue weighted by Crippen LogP contribution is -2.32. The molecule has 0 radical (unpaired) electrons. The second-order valence-electron chi connectivity index (χ2n) is 4.58. The highest BCUT2D eigenvalue weighted by atomic mass is 33.1. The number of aromatic nitrogens is 4. The first-order chi connectivity index (χ1) is 10.6.